The lowest BCUT2D eigenvalue weighted by atomic mass is 10.1. The molecule has 0 unspecified atom stereocenters. The lowest BCUT2D eigenvalue weighted by Gasteiger charge is -2.22. The predicted molar refractivity (Wildman–Crippen MR) is 111 cm³/mol. The zero-order valence-electron chi connectivity index (χ0n) is 16.0. The van der Waals surface area contributed by atoms with Crippen LogP contribution >= 0.6 is 11.8 Å². The van der Waals surface area contributed by atoms with E-state index >= 15 is 0 Å². The topological polar surface area (TPSA) is 83.8 Å². The number of hydrogen-bond acceptors (Lipinski definition) is 6. The smallest absolute Gasteiger partial charge is 0.226 e. The van der Waals surface area contributed by atoms with Crippen LogP contribution in [0.3, 0.4) is 0 Å². The maximum atomic E-state index is 14.2. The van der Waals surface area contributed by atoms with E-state index in [-0.39, 0.29) is 0 Å². The number of hydrogen-bond donors (Lipinski definition) is 1. The van der Waals surface area contributed by atoms with Gasteiger partial charge in [-0.1, -0.05) is 11.8 Å². The Morgan fingerprint density at radius 1 is 1.20 bits per heavy atom. The van der Waals surface area contributed by atoms with Gasteiger partial charge in [-0.25, -0.2) is 9.50 Å². The van der Waals surface area contributed by atoms with E-state index in [0.29, 0.717) is 22.0 Å². The molecule has 0 saturated carbocycles. The minimum Gasteiger partial charge on any atom is -0.315 e. The van der Waals surface area contributed by atoms with Crippen LogP contribution in [-0.2, 0) is 0 Å². The van der Waals surface area contributed by atoms with Gasteiger partial charge in [0.1, 0.15) is 6.07 Å². The van der Waals surface area contributed by atoms with Gasteiger partial charge in [0.15, 0.2) is 0 Å². The standard InChI is InChI=1S/C21H18FN7S/c22-21-18(4-2-6-25-21)30-19-7-14(12-29-20(19)15(8-23)9-27-29)16-10-26-28(13-16)17-3-1-5-24-11-17/h2,4,6-7,9-10,12-13,17,24H,1,3,5,11H2/t17-/m0/s1. The molecule has 4 aromatic rings. The average molecular weight is 419 g/mol. The number of fused-ring (bicyclic) bond motifs is 1. The summed E-state index contributed by atoms with van der Waals surface area (Å²) >= 11 is 1.23. The van der Waals surface area contributed by atoms with Gasteiger partial charge in [0, 0.05) is 41.2 Å². The molecule has 150 valence electrons. The van der Waals surface area contributed by atoms with Crippen molar-refractivity contribution in [3.05, 3.63) is 60.7 Å². The summed E-state index contributed by atoms with van der Waals surface area (Å²) in [5.74, 6) is -0.540. The Morgan fingerprint density at radius 3 is 2.93 bits per heavy atom. The number of nitriles is 1. The van der Waals surface area contributed by atoms with Crippen molar-refractivity contribution in [2.45, 2.75) is 28.7 Å². The molecule has 0 amide bonds. The van der Waals surface area contributed by atoms with Gasteiger partial charge in [0.05, 0.1) is 34.4 Å². The van der Waals surface area contributed by atoms with E-state index in [2.05, 4.69) is 26.6 Å². The monoisotopic (exact) mass is 419 g/mol. The minimum atomic E-state index is -0.540. The Kier molecular flexibility index (Phi) is 4.94. The first-order valence-corrected chi connectivity index (χ1v) is 10.5. The van der Waals surface area contributed by atoms with Crippen LogP contribution < -0.4 is 5.32 Å². The highest BCUT2D eigenvalue weighted by Gasteiger charge is 2.18. The molecule has 5 heterocycles. The largest absolute Gasteiger partial charge is 0.315 e. The van der Waals surface area contributed by atoms with Gasteiger partial charge in [-0.2, -0.15) is 19.8 Å². The van der Waals surface area contributed by atoms with E-state index in [1.807, 2.05) is 29.3 Å². The summed E-state index contributed by atoms with van der Waals surface area (Å²) in [6, 6.07) is 7.82. The van der Waals surface area contributed by atoms with Crippen LogP contribution in [0.15, 0.2) is 59.0 Å². The molecule has 1 aliphatic heterocycles. The summed E-state index contributed by atoms with van der Waals surface area (Å²) in [7, 11) is 0. The van der Waals surface area contributed by atoms with Crippen LogP contribution in [0.4, 0.5) is 4.39 Å². The maximum Gasteiger partial charge on any atom is 0.226 e. The molecule has 0 spiro atoms. The van der Waals surface area contributed by atoms with Crippen molar-refractivity contribution in [2.75, 3.05) is 13.1 Å². The third-order valence-electron chi connectivity index (χ3n) is 5.22. The maximum absolute atomic E-state index is 14.2. The van der Waals surface area contributed by atoms with Crippen molar-refractivity contribution in [3.63, 3.8) is 0 Å². The zero-order chi connectivity index (χ0) is 20.5. The number of rotatable bonds is 4. The van der Waals surface area contributed by atoms with Gasteiger partial charge in [0.2, 0.25) is 5.95 Å². The minimum absolute atomic E-state index is 0.337. The fourth-order valence-electron chi connectivity index (χ4n) is 3.71. The number of nitrogens with one attached hydrogen (secondary N) is 1. The summed E-state index contributed by atoms with van der Waals surface area (Å²) < 4.78 is 17.9. The first kappa shape index (κ1) is 18.8. The van der Waals surface area contributed by atoms with E-state index in [0.717, 1.165) is 42.0 Å². The van der Waals surface area contributed by atoms with Crippen LogP contribution in [-0.4, -0.2) is 37.5 Å². The highest BCUT2D eigenvalue weighted by Crippen LogP contribution is 2.36. The van der Waals surface area contributed by atoms with Gasteiger partial charge in [-0.05, 0) is 37.6 Å². The molecular weight excluding hydrogens is 401 g/mol. The molecule has 0 aromatic carbocycles. The quantitative estimate of drug-likeness (QED) is 0.508. The van der Waals surface area contributed by atoms with Gasteiger partial charge in [0.25, 0.3) is 0 Å². The Balaban J connectivity index is 1.58. The summed E-state index contributed by atoms with van der Waals surface area (Å²) in [6.07, 6.45) is 10.9. The average Bonchev–Trinajstić information content (AvgIpc) is 3.43. The zero-order valence-corrected chi connectivity index (χ0v) is 16.8. The first-order valence-electron chi connectivity index (χ1n) is 9.68. The molecule has 5 rings (SSSR count). The SMILES string of the molecule is N#Cc1cnn2cc(-c3cnn([C@H]4CCCNC4)c3)cc(Sc3cccnc3F)c12. The van der Waals surface area contributed by atoms with Crippen LogP contribution in [0, 0.1) is 17.3 Å². The Morgan fingerprint density at radius 2 is 2.13 bits per heavy atom. The van der Waals surface area contributed by atoms with E-state index < -0.39 is 5.95 Å². The number of piperidine rings is 1. The highest BCUT2D eigenvalue weighted by molar-refractivity contribution is 7.99. The number of nitrogens with zero attached hydrogens (tertiary/aromatic N) is 6. The molecule has 1 aliphatic rings. The second-order valence-electron chi connectivity index (χ2n) is 7.16. The molecule has 7 nitrogen and oxygen atoms in total. The van der Waals surface area contributed by atoms with E-state index in [1.165, 1.54) is 24.2 Å². The molecular formula is C21H18FN7S. The molecule has 1 fully saturated rings. The molecule has 0 bridgehead atoms. The molecule has 1 atom stereocenters. The van der Waals surface area contributed by atoms with E-state index in [1.54, 1.807) is 16.6 Å². The van der Waals surface area contributed by atoms with Gasteiger partial charge in [-0.15, -0.1) is 0 Å². The lowest BCUT2D eigenvalue weighted by Crippen LogP contribution is -2.31. The number of halogens is 1. The third-order valence-corrected chi connectivity index (χ3v) is 6.28. The predicted octanol–water partition coefficient (Wildman–Crippen LogP) is 3.68. The van der Waals surface area contributed by atoms with Crippen molar-refractivity contribution >= 4 is 17.3 Å². The van der Waals surface area contributed by atoms with Crippen LogP contribution in [0.25, 0.3) is 16.6 Å². The molecule has 1 N–H and O–H groups in total. The van der Waals surface area contributed by atoms with Crippen molar-refractivity contribution in [1.82, 2.24) is 29.7 Å². The van der Waals surface area contributed by atoms with Crippen molar-refractivity contribution in [2.24, 2.45) is 0 Å². The third kappa shape index (κ3) is 3.44. The van der Waals surface area contributed by atoms with Gasteiger partial charge in [-0.3, -0.25) is 4.68 Å². The highest BCUT2D eigenvalue weighted by atomic mass is 32.2. The van der Waals surface area contributed by atoms with Crippen LogP contribution in [0.2, 0.25) is 0 Å². The molecule has 4 aromatic heterocycles. The summed E-state index contributed by atoms with van der Waals surface area (Å²) in [5.41, 5.74) is 2.94. The summed E-state index contributed by atoms with van der Waals surface area (Å²) in [5, 5.41) is 21.8. The second kappa shape index (κ2) is 7.89. The van der Waals surface area contributed by atoms with Gasteiger partial charge >= 0.3 is 0 Å². The molecule has 1 saturated heterocycles. The summed E-state index contributed by atoms with van der Waals surface area (Å²) in [4.78, 5) is 4.86. The van der Waals surface area contributed by atoms with E-state index in [4.69, 9.17) is 0 Å². The molecule has 30 heavy (non-hydrogen) atoms. The van der Waals surface area contributed by atoms with E-state index in [9.17, 15) is 9.65 Å². The fourth-order valence-corrected chi connectivity index (χ4v) is 4.72. The van der Waals surface area contributed by atoms with Gasteiger partial charge < -0.3 is 5.32 Å². The second-order valence-corrected chi connectivity index (χ2v) is 8.24. The Labute approximate surface area is 176 Å². The Hall–Kier alpha value is -3.22. The number of aromatic nitrogens is 5. The molecule has 0 aliphatic carbocycles. The van der Waals surface area contributed by atoms with Crippen LogP contribution in [0.1, 0.15) is 24.4 Å². The lowest BCUT2D eigenvalue weighted by molar-refractivity contribution is 0.347. The number of pyridine rings is 2. The first-order chi connectivity index (χ1) is 14.7. The van der Waals surface area contributed by atoms with Crippen molar-refractivity contribution in [3.8, 4) is 17.2 Å². The van der Waals surface area contributed by atoms with Crippen molar-refractivity contribution < 1.29 is 4.39 Å². The van der Waals surface area contributed by atoms with Crippen molar-refractivity contribution in [1.29, 1.82) is 5.26 Å². The molecule has 9 heteroatoms. The summed E-state index contributed by atoms with van der Waals surface area (Å²) in [6.45, 7) is 1.96. The molecule has 0 radical (unpaired) electrons. The van der Waals surface area contributed by atoms with Crippen LogP contribution in [0.5, 0.6) is 0 Å². The normalized spacial score (nSPS) is 16.6. The fraction of sp³-hybridized carbons (Fsp3) is 0.238. The Bertz CT molecular complexity index is 1250.